The van der Waals surface area contributed by atoms with Crippen molar-refractivity contribution in [2.75, 3.05) is 19.7 Å². The Labute approximate surface area is 113 Å². The van der Waals surface area contributed by atoms with Crippen LogP contribution in [0.15, 0.2) is 24.3 Å². The monoisotopic (exact) mass is 269 g/mol. The van der Waals surface area contributed by atoms with Gasteiger partial charge in [0.05, 0.1) is 12.2 Å². The van der Waals surface area contributed by atoms with E-state index in [1.165, 1.54) is 0 Å². The fourth-order valence-electron chi connectivity index (χ4n) is 2.50. The lowest BCUT2D eigenvalue weighted by molar-refractivity contribution is -0.0389. The molecular weight excluding hydrogens is 250 g/mol. The highest BCUT2D eigenvalue weighted by atomic mass is 35.5. The standard InChI is InChI=1S/C14H20ClNO2/c1-11(10-17)16-8-6-14(18,7-9-16)12-2-4-13(15)5-3-12/h2-5,11,17-18H,6-10H2,1H3. The molecule has 4 heteroatoms. The molecule has 100 valence electrons. The van der Waals surface area contributed by atoms with Crippen LogP contribution >= 0.6 is 11.6 Å². The number of likely N-dealkylation sites (tertiary alicyclic amines) is 1. The van der Waals surface area contributed by atoms with Crippen LogP contribution in [0.1, 0.15) is 25.3 Å². The molecule has 0 aromatic heterocycles. The molecule has 0 spiro atoms. The molecule has 0 bridgehead atoms. The first-order valence-corrected chi connectivity index (χ1v) is 6.76. The Bertz CT molecular complexity index is 385. The molecule has 1 heterocycles. The van der Waals surface area contributed by atoms with Crippen LogP contribution in [-0.4, -0.2) is 40.9 Å². The molecule has 1 fully saturated rings. The van der Waals surface area contributed by atoms with Gasteiger partial charge in [0.1, 0.15) is 0 Å². The minimum absolute atomic E-state index is 0.166. The Balaban J connectivity index is 2.05. The third-order valence-corrected chi connectivity index (χ3v) is 4.15. The Kier molecular flexibility index (Phi) is 4.28. The van der Waals surface area contributed by atoms with Crippen LogP contribution in [0.4, 0.5) is 0 Å². The predicted molar refractivity (Wildman–Crippen MR) is 72.7 cm³/mol. The summed E-state index contributed by atoms with van der Waals surface area (Å²) in [5.74, 6) is 0. The first-order valence-electron chi connectivity index (χ1n) is 6.38. The molecule has 0 radical (unpaired) electrons. The lowest BCUT2D eigenvalue weighted by Gasteiger charge is -2.40. The van der Waals surface area contributed by atoms with Gasteiger partial charge in [0.2, 0.25) is 0 Å². The van der Waals surface area contributed by atoms with Gasteiger partial charge < -0.3 is 10.2 Å². The number of rotatable bonds is 3. The van der Waals surface area contributed by atoms with E-state index in [1.807, 2.05) is 31.2 Å². The Morgan fingerprint density at radius 1 is 1.28 bits per heavy atom. The Hall–Kier alpha value is -0.610. The van der Waals surface area contributed by atoms with Crippen LogP contribution < -0.4 is 0 Å². The van der Waals surface area contributed by atoms with Crippen LogP contribution in [0, 0.1) is 0 Å². The van der Waals surface area contributed by atoms with Crippen molar-refractivity contribution in [1.82, 2.24) is 4.90 Å². The second kappa shape index (κ2) is 5.57. The number of aliphatic hydroxyl groups excluding tert-OH is 1. The van der Waals surface area contributed by atoms with Gasteiger partial charge in [0.25, 0.3) is 0 Å². The smallest absolute Gasteiger partial charge is 0.0920 e. The highest BCUT2D eigenvalue weighted by Gasteiger charge is 2.34. The molecule has 1 aromatic carbocycles. The maximum absolute atomic E-state index is 10.7. The van der Waals surface area contributed by atoms with Crippen LogP contribution in [0.2, 0.25) is 5.02 Å². The van der Waals surface area contributed by atoms with E-state index in [1.54, 1.807) is 0 Å². The van der Waals surface area contributed by atoms with Crippen LogP contribution in [0.3, 0.4) is 0 Å². The van der Waals surface area contributed by atoms with Crippen molar-refractivity contribution < 1.29 is 10.2 Å². The SMILES string of the molecule is CC(CO)N1CCC(O)(c2ccc(Cl)cc2)CC1. The molecular formula is C14H20ClNO2. The van der Waals surface area contributed by atoms with Crippen molar-refractivity contribution in [2.45, 2.75) is 31.4 Å². The minimum Gasteiger partial charge on any atom is -0.395 e. The summed E-state index contributed by atoms with van der Waals surface area (Å²) in [6, 6.07) is 7.59. The van der Waals surface area contributed by atoms with Crippen LogP contribution in [0.25, 0.3) is 0 Å². The molecule has 0 saturated carbocycles. The molecule has 0 amide bonds. The molecule has 2 N–H and O–H groups in total. The zero-order chi connectivity index (χ0) is 13.2. The predicted octanol–water partition coefficient (Wildman–Crippen LogP) is 2.00. The molecule has 1 aliphatic rings. The van der Waals surface area contributed by atoms with E-state index in [-0.39, 0.29) is 12.6 Å². The Morgan fingerprint density at radius 3 is 2.33 bits per heavy atom. The van der Waals surface area contributed by atoms with E-state index in [9.17, 15) is 5.11 Å². The van der Waals surface area contributed by atoms with Gasteiger partial charge in [-0.2, -0.15) is 0 Å². The summed E-state index contributed by atoms with van der Waals surface area (Å²) < 4.78 is 0. The average molecular weight is 270 g/mol. The molecule has 1 unspecified atom stereocenters. The normalized spacial score (nSPS) is 21.8. The number of nitrogens with zero attached hydrogens (tertiary/aromatic N) is 1. The summed E-state index contributed by atoms with van der Waals surface area (Å²) in [6.45, 7) is 3.79. The van der Waals surface area contributed by atoms with E-state index in [4.69, 9.17) is 16.7 Å². The van der Waals surface area contributed by atoms with Gasteiger partial charge in [0, 0.05) is 24.2 Å². The van der Waals surface area contributed by atoms with Crippen molar-refractivity contribution in [3.8, 4) is 0 Å². The van der Waals surface area contributed by atoms with E-state index in [0.717, 1.165) is 18.7 Å². The van der Waals surface area contributed by atoms with E-state index >= 15 is 0 Å². The van der Waals surface area contributed by atoms with Crippen molar-refractivity contribution in [3.63, 3.8) is 0 Å². The molecule has 1 aliphatic heterocycles. The van der Waals surface area contributed by atoms with Gasteiger partial charge >= 0.3 is 0 Å². The Morgan fingerprint density at radius 2 is 1.83 bits per heavy atom. The number of hydrogen-bond donors (Lipinski definition) is 2. The van der Waals surface area contributed by atoms with E-state index in [0.29, 0.717) is 17.9 Å². The number of hydrogen-bond acceptors (Lipinski definition) is 3. The molecule has 1 saturated heterocycles. The van der Waals surface area contributed by atoms with Crippen molar-refractivity contribution in [2.24, 2.45) is 0 Å². The van der Waals surface area contributed by atoms with E-state index in [2.05, 4.69) is 4.90 Å². The zero-order valence-corrected chi connectivity index (χ0v) is 11.4. The molecule has 1 aromatic rings. The van der Waals surface area contributed by atoms with Crippen molar-refractivity contribution in [1.29, 1.82) is 0 Å². The fourth-order valence-corrected chi connectivity index (χ4v) is 2.62. The molecule has 0 aliphatic carbocycles. The summed E-state index contributed by atoms with van der Waals surface area (Å²) in [4.78, 5) is 2.21. The highest BCUT2D eigenvalue weighted by Crippen LogP contribution is 2.33. The molecule has 3 nitrogen and oxygen atoms in total. The zero-order valence-electron chi connectivity index (χ0n) is 10.6. The van der Waals surface area contributed by atoms with Gasteiger partial charge in [-0.25, -0.2) is 0 Å². The third-order valence-electron chi connectivity index (χ3n) is 3.89. The second-order valence-electron chi connectivity index (χ2n) is 5.11. The lowest BCUT2D eigenvalue weighted by Crippen LogP contribution is -2.47. The van der Waals surface area contributed by atoms with Gasteiger partial charge in [-0.1, -0.05) is 23.7 Å². The minimum atomic E-state index is -0.754. The lowest BCUT2D eigenvalue weighted by atomic mass is 9.84. The number of benzene rings is 1. The third kappa shape index (κ3) is 2.86. The second-order valence-corrected chi connectivity index (χ2v) is 5.54. The molecule has 18 heavy (non-hydrogen) atoms. The van der Waals surface area contributed by atoms with Crippen LogP contribution in [0.5, 0.6) is 0 Å². The number of aliphatic hydroxyl groups is 2. The quantitative estimate of drug-likeness (QED) is 0.882. The number of halogens is 1. The topological polar surface area (TPSA) is 43.7 Å². The van der Waals surface area contributed by atoms with E-state index < -0.39 is 5.60 Å². The van der Waals surface area contributed by atoms with Gasteiger partial charge in [-0.3, -0.25) is 4.90 Å². The number of piperidine rings is 1. The highest BCUT2D eigenvalue weighted by molar-refractivity contribution is 6.30. The molecule has 2 rings (SSSR count). The molecule has 1 atom stereocenters. The van der Waals surface area contributed by atoms with Crippen molar-refractivity contribution >= 4 is 11.6 Å². The summed E-state index contributed by atoms with van der Waals surface area (Å²) >= 11 is 5.86. The van der Waals surface area contributed by atoms with Gasteiger partial charge in [0.15, 0.2) is 0 Å². The summed E-state index contributed by atoms with van der Waals surface area (Å²) in [6.07, 6.45) is 1.39. The van der Waals surface area contributed by atoms with Crippen LogP contribution in [-0.2, 0) is 5.60 Å². The maximum Gasteiger partial charge on any atom is 0.0920 e. The largest absolute Gasteiger partial charge is 0.395 e. The first kappa shape index (κ1) is 13.8. The average Bonchev–Trinajstić information content (AvgIpc) is 2.39. The summed E-state index contributed by atoms with van der Waals surface area (Å²) in [7, 11) is 0. The maximum atomic E-state index is 10.7. The van der Waals surface area contributed by atoms with Crippen molar-refractivity contribution in [3.05, 3.63) is 34.9 Å². The first-order chi connectivity index (χ1) is 8.55. The fraction of sp³-hybridized carbons (Fsp3) is 0.571. The van der Waals surface area contributed by atoms with Gasteiger partial charge in [-0.15, -0.1) is 0 Å². The summed E-state index contributed by atoms with van der Waals surface area (Å²) in [5, 5.41) is 20.5. The summed E-state index contributed by atoms with van der Waals surface area (Å²) in [5.41, 5.74) is 0.180. The van der Waals surface area contributed by atoms with Gasteiger partial charge in [-0.05, 0) is 37.5 Å².